The van der Waals surface area contributed by atoms with Crippen LogP contribution in [0.25, 0.3) is 0 Å². The molecule has 0 saturated carbocycles. The molecule has 0 aromatic heterocycles. The molecule has 7 heteroatoms. The number of nitrogens with zero attached hydrogens (tertiary/aromatic N) is 3. The number of rotatable bonds is 5. The topological polar surface area (TPSA) is 93.5 Å². The maximum Gasteiger partial charge on any atom is 0.236 e. The Kier molecular flexibility index (Phi) is 6.18. The van der Waals surface area contributed by atoms with E-state index in [-0.39, 0.29) is 36.1 Å². The van der Waals surface area contributed by atoms with Crippen molar-refractivity contribution in [2.45, 2.75) is 45.6 Å². The molecule has 2 rings (SSSR count). The Hall–Kier alpha value is -2.10. The third kappa shape index (κ3) is 4.47. The first-order valence-electron chi connectivity index (χ1n) is 8.64. The first kappa shape index (κ1) is 18.2. The number of likely N-dealkylation sites (tertiary alicyclic amines) is 2. The summed E-state index contributed by atoms with van der Waals surface area (Å²) in [6, 6.07) is 2.01. The maximum absolute atomic E-state index is 12.3. The highest BCUT2D eigenvalue weighted by molar-refractivity contribution is 5.89. The van der Waals surface area contributed by atoms with E-state index in [9.17, 15) is 14.4 Å². The van der Waals surface area contributed by atoms with Crippen LogP contribution >= 0.6 is 0 Å². The van der Waals surface area contributed by atoms with Crippen LogP contribution in [0.15, 0.2) is 0 Å². The van der Waals surface area contributed by atoms with E-state index in [2.05, 4.69) is 5.32 Å². The van der Waals surface area contributed by atoms with Crippen LogP contribution in [0.1, 0.15) is 39.5 Å². The molecule has 0 aromatic carbocycles. The van der Waals surface area contributed by atoms with Crippen molar-refractivity contribution >= 4 is 17.7 Å². The van der Waals surface area contributed by atoms with Crippen LogP contribution in [0, 0.1) is 23.2 Å². The molecule has 0 bridgehead atoms. The largest absolute Gasteiger partial charge is 0.356 e. The molecule has 1 atom stereocenters. The summed E-state index contributed by atoms with van der Waals surface area (Å²) in [5.41, 5.74) is 0. The Morgan fingerprint density at radius 2 is 2.00 bits per heavy atom. The lowest BCUT2D eigenvalue weighted by atomic mass is 9.96. The van der Waals surface area contributed by atoms with Gasteiger partial charge in [-0.05, 0) is 32.6 Å². The third-order valence-electron chi connectivity index (χ3n) is 4.92. The van der Waals surface area contributed by atoms with Crippen molar-refractivity contribution in [3.8, 4) is 6.07 Å². The second kappa shape index (κ2) is 8.13. The van der Waals surface area contributed by atoms with Gasteiger partial charge in [-0.25, -0.2) is 0 Å². The summed E-state index contributed by atoms with van der Waals surface area (Å²) in [6.07, 6.45) is 1.90. The quantitative estimate of drug-likeness (QED) is 0.793. The fourth-order valence-electron chi connectivity index (χ4n) is 3.36. The zero-order chi connectivity index (χ0) is 17.7. The van der Waals surface area contributed by atoms with Gasteiger partial charge in [-0.2, -0.15) is 5.26 Å². The second-order valence-corrected chi connectivity index (χ2v) is 6.95. The van der Waals surface area contributed by atoms with Crippen LogP contribution < -0.4 is 5.32 Å². The van der Waals surface area contributed by atoms with Crippen molar-refractivity contribution in [1.29, 1.82) is 5.26 Å². The molecule has 1 N–H and O–H groups in total. The van der Waals surface area contributed by atoms with E-state index in [0.717, 1.165) is 12.8 Å². The van der Waals surface area contributed by atoms with Crippen molar-refractivity contribution in [2.75, 3.05) is 26.2 Å². The Balaban J connectivity index is 1.71. The van der Waals surface area contributed by atoms with Crippen LogP contribution in [-0.2, 0) is 14.4 Å². The number of hydrogen-bond donors (Lipinski definition) is 1. The molecular formula is C17H26N4O3. The fourth-order valence-corrected chi connectivity index (χ4v) is 3.36. The molecule has 0 aliphatic carbocycles. The van der Waals surface area contributed by atoms with Gasteiger partial charge in [-0.1, -0.05) is 0 Å². The second-order valence-electron chi connectivity index (χ2n) is 6.95. The molecule has 2 aliphatic rings. The zero-order valence-electron chi connectivity index (χ0n) is 14.5. The summed E-state index contributed by atoms with van der Waals surface area (Å²) in [7, 11) is 0. The monoisotopic (exact) mass is 334 g/mol. The lowest BCUT2D eigenvalue weighted by molar-refractivity contribution is -0.132. The summed E-state index contributed by atoms with van der Waals surface area (Å²) < 4.78 is 0. The molecule has 0 spiro atoms. The van der Waals surface area contributed by atoms with Gasteiger partial charge in [0.05, 0.1) is 12.0 Å². The van der Waals surface area contributed by atoms with Gasteiger partial charge in [0.25, 0.3) is 0 Å². The first-order chi connectivity index (χ1) is 11.4. The number of carbonyl (C=O) groups is 3. The molecular weight excluding hydrogens is 308 g/mol. The van der Waals surface area contributed by atoms with Gasteiger partial charge in [-0.3, -0.25) is 14.4 Å². The van der Waals surface area contributed by atoms with E-state index in [4.69, 9.17) is 5.26 Å². The Labute approximate surface area is 143 Å². The Bertz CT molecular complexity index is 532. The number of amides is 3. The van der Waals surface area contributed by atoms with E-state index in [0.29, 0.717) is 38.5 Å². The van der Waals surface area contributed by atoms with Gasteiger partial charge in [0.1, 0.15) is 6.42 Å². The number of nitriles is 1. The fraction of sp³-hybridized carbons (Fsp3) is 0.765. The van der Waals surface area contributed by atoms with Crippen LogP contribution in [-0.4, -0.2) is 59.7 Å². The zero-order valence-corrected chi connectivity index (χ0v) is 14.5. The smallest absolute Gasteiger partial charge is 0.236 e. The van der Waals surface area contributed by atoms with Crippen LogP contribution in [0.5, 0.6) is 0 Å². The summed E-state index contributed by atoms with van der Waals surface area (Å²) in [5.74, 6) is -0.0160. The third-order valence-corrected chi connectivity index (χ3v) is 4.92. The maximum atomic E-state index is 12.3. The van der Waals surface area contributed by atoms with Crippen molar-refractivity contribution in [2.24, 2.45) is 11.8 Å². The predicted octanol–water partition coefficient (Wildman–Crippen LogP) is 0.512. The minimum absolute atomic E-state index is 0.0468. The average Bonchev–Trinajstić information content (AvgIpc) is 2.95. The molecule has 3 amide bonds. The van der Waals surface area contributed by atoms with Gasteiger partial charge in [0.15, 0.2) is 0 Å². The van der Waals surface area contributed by atoms with Gasteiger partial charge in [0, 0.05) is 38.6 Å². The standard InChI is InChI=1S/C17H26N4O3/c1-12(2)21-11-14(9-16(21)23)17(24)19-10-13-4-7-20(8-5-13)15(22)3-6-18/h12-14H,3-5,7-11H2,1-2H3,(H,19,24). The molecule has 1 unspecified atom stereocenters. The number of piperidine rings is 1. The highest BCUT2D eigenvalue weighted by Gasteiger charge is 2.35. The molecule has 7 nitrogen and oxygen atoms in total. The van der Waals surface area contributed by atoms with Gasteiger partial charge in [-0.15, -0.1) is 0 Å². The van der Waals surface area contributed by atoms with E-state index in [1.165, 1.54) is 0 Å². The molecule has 2 heterocycles. The summed E-state index contributed by atoms with van der Waals surface area (Å²) >= 11 is 0. The van der Waals surface area contributed by atoms with Gasteiger partial charge in [0.2, 0.25) is 17.7 Å². The molecule has 24 heavy (non-hydrogen) atoms. The SMILES string of the molecule is CC(C)N1CC(C(=O)NCC2CCN(C(=O)CC#N)CC2)CC1=O. The van der Waals surface area contributed by atoms with E-state index in [1.807, 2.05) is 19.9 Å². The molecule has 2 aliphatic heterocycles. The molecule has 0 radical (unpaired) electrons. The van der Waals surface area contributed by atoms with Crippen molar-refractivity contribution in [3.63, 3.8) is 0 Å². The van der Waals surface area contributed by atoms with Crippen molar-refractivity contribution in [3.05, 3.63) is 0 Å². The predicted molar refractivity (Wildman–Crippen MR) is 87.5 cm³/mol. The lowest BCUT2D eigenvalue weighted by Gasteiger charge is -2.31. The summed E-state index contributed by atoms with van der Waals surface area (Å²) in [5, 5.41) is 11.5. The van der Waals surface area contributed by atoms with E-state index >= 15 is 0 Å². The van der Waals surface area contributed by atoms with E-state index < -0.39 is 0 Å². The minimum atomic E-state index is -0.253. The number of nitrogens with one attached hydrogen (secondary N) is 1. The molecule has 2 saturated heterocycles. The lowest BCUT2D eigenvalue weighted by Crippen LogP contribution is -2.42. The van der Waals surface area contributed by atoms with Crippen LogP contribution in [0.2, 0.25) is 0 Å². The minimum Gasteiger partial charge on any atom is -0.356 e. The molecule has 132 valence electrons. The van der Waals surface area contributed by atoms with Crippen LogP contribution in [0.3, 0.4) is 0 Å². The Morgan fingerprint density at radius 3 is 2.54 bits per heavy atom. The first-order valence-corrected chi connectivity index (χ1v) is 8.64. The molecule has 0 aromatic rings. The highest BCUT2D eigenvalue weighted by Crippen LogP contribution is 2.21. The van der Waals surface area contributed by atoms with E-state index in [1.54, 1.807) is 9.80 Å². The highest BCUT2D eigenvalue weighted by atomic mass is 16.2. The number of hydrogen-bond acceptors (Lipinski definition) is 4. The normalized spacial score (nSPS) is 21.9. The van der Waals surface area contributed by atoms with Gasteiger partial charge < -0.3 is 15.1 Å². The molecule has 2 fully saturated rings. The van der Waals surface area contributed by atoms with Crippen molar-refractivity contribution in [1.82, 2.24) is 15.1 Å². The number of carbonyl (C=O) groups excluding carboxylic acids is 3. The average molecular weight is 334 g/mol. The summed E-state index contributed by atoms with van der Waals surface area (Å²) in [4.78, 5) is 39.3. The Morgan fingerprint density at radius 1 is 1.33 bits per heavy atom. The van der Waals surface area contributed by atoms with Crippen molar-refractivity contribution < 1.29 is 14.4 Å². The van der Waals surface area contributed by atoms with Gasteiger partial charge >= 0.3 is 0 Å². The summed E-state index contributed by atoms with van der Waals surface area (Å²) in [6.45, 7) is 6.29. The van der Waals surface area contributed by atoms with Crippen LogP contribution in [0.4, 0.5) is 0 Å².